The largest absolute Gasteiger partial charge is 0.295 e. The van der Waals surface area contributed by atoms with Crippen molar-refractivity contribution in [3.05, 3.63) is 34.9 Å². The molecule has 0 aromatic heterocycles. The van der Waals surface area contributed by atoms with Gasteiger partial charge in [-0.3, -0.25) is 4.90 Å². The van der Waals surface area contributed by atoms with Crippen molar-refractivity contribution in [2.75, 3.05) is 26.2 Å². The maximum atomic E-state index is 11.8. The molecular weight excluding hydrogens is 310 g/mol. The van der Waals surface area contributed by atoms with Crippen LogP contribution in [-0.4, -0.2) is 39.5 Å². The highest BCUT2D eigenvalue weighted by Gasteiger charge is 2.25. The maximum absolute atomic E-state index is 11.8. The molecule has 1 atom stereocenters. The van der Waals surface area contributed by atoms with Gasteiger partial charge in [0, 0.05) is 24.2 Å². The summed E-state index contributed by atoms with van der Waals surface area (Å²) in [6, 6.07) is 7.65. The standard InChI is InChI=1S/C14H22ClN3O2S/c1-2-16-21(19,20)17-11-14(18-8-3-4-9-18)12-6-5-7-13(15)10-12/h5-7,10,14,16-17H,2-4,8-9,11H2,1H3. The Morgan fingerprint density at radius 1 is 1.29 bits per heavy atom. The molecule has 0 saturated carbocycles. The zero-order valence-electron chi connectivity index (χ0n) is 12.2. The van der Waals surface area contributed by atoms with Crippen molar-refractivity contribution in [2.24, 2.45) is 0 Å². The minimum Gasteiger partial charge on any atom is -0.295 e. The molecule has 2 N–H and O–H groups in total. The molecule has 1 aromatic carbocycles. The average Bonchev–Trinajstić information content (AvgIpc) is 2.93. The van der Waals surface area contributed by atoms with Crippen molar-refractivity contribution in [1.82, 2.24) is 14.3 Å². The molecule has 0 aliphatic carbocycles. The second-order valence-corrected chi connectivity index (χ2v) is 7.18. The fourth-order valence-corrected chi connectivity index (χ4v) is 3.71. The Bertz CT molecular complexity index is 559. The summed E-state index contributed by atoms with van der Waals surface area (Å²) in [5.74, 6) is 0. The molecule has 7 heteroatoms. The molecular formula is C14H22ClN3O2S. The van der Waals surface area contributed by atoms with Crippen LogP contribution in [0.5, 0.6) is 0 Å². The fourth-order valence-electron chi connectivity index (χ4n) is 2.65. The predicted octanol–water partition coefficient (Wildman–Crippen LogP) is 1.92. The van der Waals surface area contributed by atoms with E-state index >= 15 is 0 Å². The van der Waals surface area contributed by atoms with Gasteiger partial charge >= 0.3 is 0 Å². The van der Waals surface area contributed by atoms with Crippen molar-refractivity contribution in [3.8, 4) is 0 Å². The number of benzene rings is 1. The lowest BCUT2D eigenvalue weighted by Crippen LogP contribution is -2.42. The zero-order valence-corrected chi connectivity index (χ0v) is 13.8. The Balaban J connectivity index is 2.13. The van der Waals surface area contributed by atoms with E-state index in [1.54, 1.807) is 6.92 Å². The Labute approximate surface area is 131 Å². The summed E-state index contributed by atoms with van der Waals surface area (Å²) in [4.78, 5) is 2.31. The van der Waals surface area contributed by atoms with Crippen molar-refractivity contribution >= 4 is 21.8 Å². The lowest BCUT2D eigenvalue weighted by atomic mass is 10.1. The fraction of sp³-hybridized carbons (Fsp3) is 0.571. The molecule has 1 aromatic rings. The molecule has 5 nitrogen and oxygen atoms in total. The van der Waals surface area contributed by atoms with Gasteiger partial charge in [-0.15, -0.1) is 0 Å². The molecule has 0 amide bonds. The number of nitrogens with one attached hydrogen (secondary N) is 2. The topological polar surface area (TPSA) is 61.4 Å². The quantitative estimate of drug-likeness (QED) is 0.802. The second kappa shape index (κ2) is 7.56. The monoisotopic (exact) mass is 331 g/mol. The molecule has 1 aliphatic rings. The minimum atomic E-state index is -3.43. The zero-order chi connectivity index (χ0) is 15.3. The average molecular weight is 332 g/mol. The highest BCUT2D eigenvalue weighted by molar-refractivity contribution is 7.87. The van der Waals surface area contributed by atoms with E-state index in [4.69, 9.17) is 11.6 Å². The van der Waals surface area contributed by atoms with Gasteiger partial charge in [-0.25, -0.2) is 9.44 Å². The van der Waals surface area contributed by atoms with E-state index in [2.05, 4.69) is 14.3 Å². The van der Waals surface area contributed by atoms with E-state index in [-0.39, 0.29) is 6.04 Å². The summed E-state index contributed by atoms with van der Waals surface area (Å²) in [7, 11) is -3.43. The smallest absolute Gasteiger partial charge is 0.276 e. The first kappa shape index (κ1) is 16.7. The molecule has 1 saturated heterocycles. The van der Waals surface area contributed by atoms with Crippen LogP contribution in [0.3, 0.4) is 0 Å². The summed E-state index contributed by atoms with van der Waals surface area (Å²) in [5.41, 5.74) is 1.04. The predicted molar refractivity (Wildman–Crippen MR) is 85.6 cm³/mol. The van der Waals surface area contributed by atoms with Crippen LogP contribution in [0, 0.1) is 0 Å². The van der Waals surface area contributed by atoms with Gasteiger partial charge in [0.2, 0.25) is 0 Å². The summed E-state index contributed by atoms with van der Waals surface area (Å²) in [5, 5.41) is 0.672. The highest BCUT2D eigenvalue weighted by atomic mass is 35.5. The van der Waals surface area contributed by atoms with Gasteiger partial charge in [-0.05, 0) is 43.6 Å². The van der Waals surface area contributed by atoms with Crippen LogP contribution in [0.15, 0.2) is 24.3 Å². The van der Waals surface area contributed by atoms with Gasteiger partial charge in [0.1, 0.15) is 0 Å². The van der Waals surface area contributed by atoms with Crippen LogP contribution in [0.2, 0.25) is 5.02 Å². The van der Waals surface area contributed by atoms with E-state index in [1.165, 1.54) is 0 Å². The normalized spacial score (nSPS) is 18.0. The Kier molecular flexibility index (Phi) is 6.01. The highest BCUT2D eigenvalue weighted by Crippen LogP contribution is 2.26. The number of rotatable bonds is 7. The number of hydrogen-bond acceptors (Lipinski definition) is 3. The van der Waals surface area contributed by atoms with E-state index < -0.39 is 10.2 Å². The van der Waals surface area contributed by atoms with Crippen LogP contribution in [0.25, 0.3) is 0 Å². The SMILES string of the molecule is CCNS(=O)(=O)NCC(c1cccc(Cl)c1)N1CCCC1. The molecule has 1 aliphatic heterocycles. The van der Waals surface area contributed by atoms with Crippen LogP contribution in [-0.2, 0) is 10.2 Å². The second-order valence-electron chi connectivity index (χ2n) is 5.16. The van der Waals surface area contributed by atoms with Crippen LogP contribution in [0.1, 0.15) is 31.4 Å². The van der Waals surface area contributed by atoms with Gasteiger partial charge in [0.05, 0.1) is 0 Å². The molecule has 118 valence electrons. The van der Waals surface area contributed by atoms with E-state index in [0.717, 1.165) is 31.5 Å². The summed E-state index contributed by atoms with van der Waals surface area (Å²) < 4.78 is 28.6. The van der Waals surface area contributed by atoms with Crippen molar-refractivity contribution in [3.63, 3.8) is 0 Å². The van der Waals surface area contributed by atoms with Crippen molar-refractivity contribution in [2.45, 2.75) is 25.8 Å². The lowest BCUT2D eigenvalue weighted by Gasteiger charge is -2.28. The van der Waals surface area contributed by atoms with Gasteiger partial charge in [0.15, 0.2) is 0 Å². The van der Waals surface area contributed by atoms with Gasteiger partial charge in [-0.2, -0.15) is 8.42 Å². The third-order valence-electron chi connectivity index (χ3n) is 3.62. The number of hydrogen-bond donors (Lipinski definition) is 2. The van der Waals surface area contributed by atoms with Gasteiger partial charge in [0.25, 0.3) is 10.2 Å². The summed E-state index contributed by atoms with van der Waals surface area (Å²) >= 11 is 6.07. The van der Waals surface area contributed by atoms with Crippen LogP contribution in [0.4, 0.5) is 0 Å². The minimum absolute atomic E-state index is 0.0135. The van der Waals surface area contributed by atoms with Crippen LogP contribution >= 0.6 is 11.6 Å². The first-order valence-electron chi connectivity index (χ1n) is 7.25. The molecule has 0 radical (unpaired) electrons. The van der Waals surface area contributed by atoms with Gasteiger partial charge in [-0.1, -0.05) is 30.7 Å². The molecule has 1 fully saturated rings. The third-order valence-corrected chi connectivity index (χ3v) is 5.07. The third kappa shape index (κ3) is 4.93. The molecule has 1 unspecified atom stereocenters. The van der Waals surface area contributed by atoms with Crippen molar-refractivity contribution in [1.29, 1.82) is 0 Å². The number of halogens is 1. The first-order chi connectivity index (χ1) is 10.0. The molecule has 1 heterocycles. The number of nitrogens with zero attached hydrogens (tertiary/aromatic N) is 1. The van der Waals surface area contributed by atoms with Crippen molar-refractivity contribution < 1.29 is 8.42 Å². The van der Waals surface area contributed by atoms with Crippen LogP contribution < -0.4 is 9.44 Å². The Morgan fingerprint density at radius 3 is 2.62 bits per heavy atom. The molecule has 0 spiro atoms. The maximum Gasteiger partial charge on any atom is 0.276 e. The number of likely N-dealkylation sites (tertiary alicyclic amines) is 1. The summed E-state index contributed by atoms with van der Waals surface area (Å²) in [6.07, 6.45) is 2.30. The molecule has 0 bridgehead atoms. The van der Waals surface area contributed by atoms with E-state index in [0.29, 0.717) is 18.1 Å². The molecule has 2 rings (SSSR count). The van der Waals surface area contributed by atoms with E-state index in [1.807, 2.05) is 24.3 Å². The lowest BCUT2D eigenvalue weighted by molar-refractivity contribution is 0.246. The molecule has 21 heavy (non-hydrogen) atoms. The Hall–Kier alpha value is -0.660. The van der Waals surface area contributed by atoms with E-state index in [9.17, 15) is 8.42 Å². The Morgan fingerprint density at radius 2 is 2.00 bits per heavy atom. The first-order valence-corrected chi connectivity index (χ1v) is 9.11. The van der Waals surface area contributed by atoms with Gasteiger partial charge < -0.3 is 0 Å². The summed E-state index contributed by atoms with van der Waals surface area (Å²) in [6.45, 7) is 4.45.